The van der Waals surface area contributed by atoms with Gasteiger partial charge in [-0.1, -0.05) is 44.6 Å². The molecule has 8 nitrogen and oxygen atoms in total. The number of thiazole rings is 1. The van der Waals surface area contributed by atoms with Crippen molar-refractivity contribution in [1.82, 2.24) is 14.5 Å². The topological polar surface area (TPSA) is 112 Å². The number of nitrogens with one attached hydrogen (secondary N) is 2. The molecule has 198 valence electrons. The molecule has 3 heterocycles. The monoisotopic (exact) mass is 523 g/mol. The number of hydrogen-bond donors (Lipinski definition) is 2. The molecule has 0 saturated carbocycles. The number of aryl methyl sites for hydroxylation is 1. The summed E-state index contributed by atoms with van der Waals surface area (Å²) >= 11 is 1.54. The molecule has 2 aromatic rings. The molecule has 0 aromatic carbocycles. The minimum absolute atomic E-state index is 0.0339. The fourth-order valence-electron chi connectivity index (χ4n) is 4.50. The summed E-state index contributed by atoms with van der Waals surface area (Å²) in [5.74, 6) is -0.814. The second-order valence-electron chi connectivity index (χ2n) is 9.20. The Morgan fingerprint density at radius 2 is 2.05 bits per heavy atom. The molecule has 0 radical (unpaired) electrons. The van der Waals surface area contributed by atoms with Gasteiger partial charge in [0.2, 0.25) is 5.90 Å². The van der Waals surface area contributed by atoms with E-state index in [1.54, 1.807) is 16.2 Å². The predicted molar refractivity (Wildman–Crippen MR) is 149 cm³/mol. The Hall–Kier alpha value is -3.33. The van der Waals surface area contributed by atoms with Crippen LogP contribution in [0.4, 0.5) is 0 Å². The summed E-state index contributed by atoms with van der Waals surface area (Å²) in [6.07, 6.45) is 10.5. The zero-order valence-corrected chi connectivity index (χ0v) is 23.2. The lowest BCUT2D eigenvalue weighted by Crippen LogP contribution is -2.33. The maximum Gasteiger partial charge on any atom is 0.254 e. The molecular formula is C28H37N5O3S. The third kappa shape index (κ3) is 6.71. The van der Waals surface area contributed by atoms with Gasteiger partial charge < -0.3 is 14.2 Å². The van der Waals surface area contributed by atoms with E-state index in [0.29, 0.717) is 13.0 Å². The number of ether oxygens (including phenoxy) is 1. The van der Waals surface area contributed by atoms with Crippen LogP contribution < -0.4 is 5.56 Å². The van der Waals surface area contributed by atoms with Crippen LogP contribution in [-0.2, 0) is 11.8 Å². The fraction of sp³-hybridized carbons (Fsp3) is 0.464. The lowest BCUT2D eigenvalue weighted by molar-refractivity contribution is 0.0735. The molecule has 0 bridgehead atoms. The Kier molecular flexibility index (Phi) is 9.74. The SMILES string of the molecule is CC.Cc1csc([C@H]2CCCN2C(=O)c2cc(C(=N)OC(=N)C(C)CC3=CC=CCC3)n(C)c(=O)c2)n1. The molecule has 4 rings (SSSR count). The van der Waals surface area contributed by atoms with Crippen molar-refractivity contribution in [3.63, 3.8) is 0 Å². The molecule has 1 fully saturated rings. The van der Waals surface area contributed by atoms with Crippen molar-refractivity contribution >= 4 is 29.0 Å². The van der Waals surface area contributed by atoms with Gasteiger partial charge >= 0.3 is 0 Å². The van der Waals surface area contributed by atoms with Gasteiger partial charge in [-0.05, 0) is 45.1 Å². The van der Waals surface area contributed by atoms with Gasteiger partial charge in [0.1, 0.15) is 10.7 Å². The Bertz CT molecular complexity index is 1270. The highest BCUT2D eigenvalue weighted by Crippen LogP contribution is 2.34. The van der Waals surface area contributed by atoms with Crippen LogP contribution in [0.15, 0.2) is 46.1 Å². The van der Waals surface area contributed by atoms with Crippen LogP contribution in [0.25, 0.3) is 0 Å². The zero-order valence-electron chi connectivity index (χ0n) is 22.3. The first-order valence-electron chi connectivity index (χ1n) is 12.9. The number of allylic oxidation sites excluding steroid dienone is 4. The number of amides is 1. The summed E-state index contributed by atoms with van der Waals surface area (Å²) in [5.41, 5.74) is 2.15. The van der Waals surface area contributed by atoms with E-state index in [1.165, 1.54) is 29.3 Å². The first-order valence-corrected chi connectivity index (χ1v) is 13.8. The molecule has 1 aliphatic heterocycles. The van der Waals surface area contributed by atoms with E-state index in [4.69, 9.17) is 15.6 Å². The van der Waals surface area contributed by atoms with Crippen LogP contribution in [-0.4, -0.2) is 38.7 Å². The van der Waals surface area contributed by atoms with E-state index in [9.17, 15) is 9.59 Å². The van der Waals surface area contributed by atoms with Crippen molar-refractivity contribution in [2.75, 3.05) is 6.54 Å². The number of likely N-dealkylation sites (tertiary alicyclic amines) is 1. The Morgan fingerprint density at radius 3 is 2.70 bits per heavy atom. The Morgan fingerprint density at radius 1 is 1.30 bits per heavy atom. The van der Waals surface area contributed by atoms with Gasteiger partial charge in [0.05, 0.1) is 6.04 Å². The summed E-state index contributed by atoms with van der Waals surface area (Å²) in [7, 11) is 1.53. The quantitative estimate of drug-likeness (QED) is 0.369. The molecule has 9 heteroatoms. The first kappa shape index (κ1) is 28.2. The van der Waals surface area contributed by atoms with Gasteiger partial charge in [0, 0.05) is 42.2 Å². The summed E-state index contributed by atoms with van der Waals surface area (Å²) < 4.78 is 6.83. The van der Waals surface area contributed by atoms with E-state index in [1.807, 2.05) is 39.2 Å². The predicted octanol–water partition coefficient (Wildman–Crippen LogP) is 5.78. The van der Waals surface area contributed by atoms with Crippen LogP contribution in [0, 0.1) is 23.7 Å². The molecular weight excluding hydrogens is 486 g/mol. The fourth-order valence-corrected chi connectivity index (χ4v) is 5.45. The number of pyridine rings is 1. The highest BCUT2D eigenvalue weighted by molar-refractivity contribution is 7.09. The van der Waals surface area contributed by atoms with Crippen LogP contribution >= 0.6 is 11.3 Å². The number of carbonyl (C=O) groups excluding carboxylic acids is 1. The number of hydrogen-bond acceptors (Lipinski definition) is 7. The van der Waals surface area contributed by atoms with Crippen molar-refractivity contribution in [1.29, 1.82) is 10.8 Å². The minimum atomic E-state index is -0.404. The maximum absolute atomic E-state index is 13.4. The van der Waals surface area contributed by atoms with Crippen LogP contribution in [0.3, 0.4) is 0 Å². The second-order valence-corrected chi connectivity index (χ2v) is 10.1. The molecule has 1 saturated heterocycles. The van der Waals surface area contributed by atoms with Gasteiger partial charge in [-0.3, -0.25) is 20.4 Å². The number of aromatic nitrogens is 2. The molecule has 2 aromatic heterocycles. The van der Waals surface area contributed by atoms with Crippen molar-refractivity contribution in [3.05, 3.63) is 73.6 Å². The van der Waals surface area contributed by atoms with Crippen LogP contribution in [0.5, 0.6) is 0 Å². The van der Waals surface area contributed by atoms with Gasteiger partial charge in [0.25, 0.3) is 11.5 Å². The van der Waals surface area contributed by atoms with Crippen LogP contribution in [0.2, 0.25) is 0 Å². The van der Waals surface area contributed by atoms with Gasteiger partial charge in [0.15, 0.2) is 5.90 Å². The highest BCUT2D eigenvalue weighted by atomic mass is 32.1. The molecule has 37 heavy (non-hydrogen) atoms. The lowest BCUT2D eigenvalue weighted by Gasteiger charge is -2.24. The van der Waals surface area contributed by atoms with Crippen molar-refractivity contribution in [2.45, 2.75) is 65.8 Å². The summed E-state index contributed by atoms with van der Waals surface area (Å²) in [6, 6.07) is 2.71. The first-order chi connectivity index (χ1) is 17.7. The van der Waals surface area contributed by atoms with Gasteiger partial charge in [-0.15, -0.1) is 11.3 Å². The molecule has 2 aliphatic rings. The van der Waals surface area contributed by atoms with Crippen LogP contribution in [0.1, 0.15) is 85.7 Å². The van der Waals surface area contributed by atoms with Crippen molar-refractivity contribution in [2.24, 2.45) is 13.0 Å². The average molecular weight is 524 g/mol. The Labute approximate surface area is 222 Å². The summed E-state index contributed by atoms with van der Waals surface area (Å²) in [4.78, 5) is 32.4. The normalized spacial score (nSPS) is 17.5. The van der Waals surface area contributed by atoms with Crippen molar-refractivity contribution < 1.29 is 9.53 Å². The maximum atomic E-state index is 13.4. The Balaban J connectivity index is 0.00000186. The number of rotatable bonds is 6. The second kappa shape index (κ2) is 12.8. The van der Waals surface area contributed by atoms with E-state index < -0.39 is 5.56 Å². The third-order valence-electron chi connectivity index (χ3n) is 6.51. The van der Waals surface area contributed by atoms with E-state index in [2.05, 4.69) is 17.1 Å². The lowest BCUT2D eigenvalue weighted by atomic mass is 9.95. The third-order valence-corrected chi connectivity index (χ3v) is 7.57. The van der Waals surface area contributed by atoms with E-state index in [0.717, 1.165) is 36.4 Å². The number of nitrogens with zero attached hydrogens (tertiary/aromatic N) is 3. The highest BCUT2D eigenvalue weighted by Gasteiger charge is 2.33. The molecule has 2 atom stereocenters. The van der Waals surface area contributed by atoms with Gasteiger partial charge in [-0.25, -0.2) is 4.98 Å². The summed E-state index contributed by atoms with van der Waals surface area (Å²) in [5, 5.41) is 19.7. The molecule has 1 unspecified atom stereocenters. The van der Waals surface area contributed by atoms with E-state index in [-0.39, 0.29) is 40.9 Å². The minimum Gasteiger partial charge on any atom is -0.423 e. The van der Waals surface area contributed by atoms with Gasteiger partial charge in [-0.2, -0.15) is 0 Å². The number of carbonyl (C=O) groups is 1. The molecule has 2 N–H and O–H groups in total. The standard InChI is InChI=1S/C26H31N5O3S.C2H6/c1-16(12-18-8-5-4-6-9-18)23(27)34-24(28)21-13-19(14-22(32)30(21)3)26(33)31-11-7-10-20(31)25-29-17(2)15-35-25;1-2/h4-5,8,13-16,20,27-28H,6-7,9-12H2,1-3H3;1-2H3/t16?,20-;/m1./s1. The molecule has 1 aliphatic carbocycles. The summed E-state index contributed by atoms with van der Waals surface area (Å²) in [6.45, 7) is 8.41. The average Bonchev–Trinajstić information content (AvgIpc) is 3.55. The smallest absolute Gasteiger partial charge is 0.254 e. The van der Waals surface area contributed by atoms with E-state index >= 15 is 0 Å². The van der Waals surface area contributed by atoms with Crippen molar-refractivity contribution in [3.8, 4) is 0 Å². The largest absolute Gasteiger partial charge is 0.423 e. The molecule has 0 spiro atoms. The zero-order chi connectivity index (χ0) is 27.1. The molecule has 1 amide bonds.